The van der Waals surface area contributed by atoms with E-state index in [1.807, 2.05) is 49.4 Å². The van der Waals surface area contributed by atoms with Crippen LogP contribution in [0.5, 0.6) is 11.5 Å². The van der Waals surface area contributed by atoms with E-state index in [2.05, 4.69) is 28.2 Å². The molecule has 1 amide bonds. The van der Waals surface area contributed by atoms with Gasteiger partial charge in [0.15, 0.2) is 0 Å². The quantitative estimate of drug-likeness (QED) is 0.433. The number of ether oxygens (including phenoxy) is 2. The zero-order chi connectivity index (χ0) is 19.5. The number of nitrogens with one attached hydrogen (secondary N) is 1. The molecule has 27 heavy (non-hydrogen) atoms. The molecule has 0 unspecified atom stereocenters. The first-order chi connectivity index (χ1) is 13.1. The highest BCUT2D eigenvalue weighted by Crippen LogP contribution is 2.25. The molecule has 0 saturated carbocycles. The van der Waals surface area contributed by atoms with Gasteiger partial charge in [0.1, 0.15) is 11.5 Å². The van der Waals surface area contributed by atoms with E-state index in [0.29, 0.717) is 19.4 Å². The van der Waals surface area contributed by atoms with Crippen molar-refractivity contribution in [2.24, 2.45) is 0 Å². The van der Waals surface area contributed by atoms with Crippen LogP contribution < -0.4 is 14.8 Å². The number of aryl methyl sites for hydroxylation is 1. The lowest BCUT2D eigenvalue weighted by atomic mass is 10.2. The van der Waals surface area contributed by atoms with Gasteiger partial charge in [0.05, 0.1) is 17.7 Å². The minimum Gasteiger partial charge on any atom is -0.494 e. The third-order valence-electron chi connectivity index (χ3n) is 4.05. The van der Waals surface area contributed by atoms with Crippen molar-refractivity contribution >= 4 is 27.5 Å². The highest BCUT2D eigenvalue weighted by molar-refractivity contribution is 9.10. The first-order valence-electron chi connectivity index (χ1n) is 9.50. The average molecular weight is 434 g/mol. The van der Waals surface area contributed by atoms with Gasteiger partial charge in [-0.25, -0.2) is 0 Å². The van der Waals surface area contributed by atoms with Gasteiger partial charge in [0, 0.05) is 12.1 Å². The number of benzene rings is 2. The Bertz CT molecular complexity index is 716. The maximum absolute atomic E-state index is 12.1. The summed E-state index contributed by atoms with van der Waals surface area (Å²) < 4.78 is 12.3. The van der Waals surface area contributed by atoms with Crippen molar-refractivity contribution in [2.75, 3.05) is 18.5 Å². The minimum atomic E-state index is -0.0156. The van der Waals surface area contributed by atoms with E-state index in [9.17, 15) is 4.79 Å². The molecule has 0 atom stereocenters. The van der Waals surface area contributed by atoms with Crippen LogP contribution in [0, 0.1) is 6.92 Å². The molecule has 5 heteroatoms. The van der Waals surface area contributed by atoms with E-state index in [1.54, 1.807) is 0 Å². The maximum atomic E-state index is 12.1. The molecular weight excluding hydrogens is 406 g/mol. The number of hydrogen-bond donors (Lipinski definition) is 1. The number of amides is 1. The third kappa shape index (κ3) is 8.04. The summed E-state index contributed by atoms with van der Waals surface area (Å²) in [5.74, 6) is 1.62. The van der Waals surface area contributed by atoms with E-state index in [-0.39, 0.29) is 5.91 Å². The predicted octanol–water partition coefficient (Wildman–Crippen LogP) is 6.12. The van der Waals surface area contributed by atoms with Crippen molar-refractivity contribution < 1.29 is 14.3 Å². The van der Waals surface area contributed by atoms with Gasteiger partial charge in [-0.05, 0) is 77.7 Å². The number of hydrogen-bond acceptors (Lipinski definition) is 3. The van der Waals surface area contributed by atoms with Crippen molar-refractivity contribution in [3.05, 3.63) is 52.5 Å². The third-order valence-corrected chi connectivity index (χ3v) is 4.67. The summed E-state index contributed by atoms with van der Waals surface area (Å²) in [6, 6.07) is 13.5. The van der Waals surface area contributed by atoms with Crippen molar-refractivity contribution in [3.63, 3.8) is 0 Å². The predicted molar refractivity (Wildman–Crippen MR) is 114 cm³/mol. The van der Waals surface area contributed by atoms with E-state index in [0.717, 1.165) is 34.7 Å². The van der Waals surface area contributed by atoms with Gasteiger partial charge in [0.2, 0.25) is 5.91 Å². The molecule has 4 nitrogen and oxygen atoms in total. The molecule has 0 heterocycles. The molecule has 0 aliphatic heterocycles. The van der Waals surface area contributed by atoms with Crippen molar-refractivity contribution in [3.8, 4) is 11.5 Å². The van der Waals surface area contributed by atoms with E-state index in [4.69, 9.17) is 9.47 Å². The maximum Gasteiger partial charge on any atom is 0.224 e. The molecule has 0 aliphatic carbocycles. The molecule has 0 bridgehead atoms. The van der Waals surface area contributed by atoms with Gasteiger partial charge in [-0.1, -0.05) is 25.8 Å². The summed E-state index contributed by atoms with van der Waals surface area (Å²) in [6.45, 7) is 5.44. The Hall–Kier alpha value is -2.01. The number of carbonyl (C=O) groups excluding carboxylic acids is 1. The summed E-state index contributed by atoms with van der Waals surface area (Å²) in [7, 11) is 0. The van der Waals surface area contributed by atoms with E-state index in [1.165, 1.54) is 18.4 Å². The second kappa shape index (κ2) is 11.7. The smallest absolute Gasteiger partial charge is 0.224 e. The summed E-state index contributed by atoms with van der Waals surface area (Å²) >= 11 is 3.49. The number of carbonyl (C=O) groups is 1. The van der Waals surface area contributed by atoms with Crippen LogP contribution in [0.3, 0.4) is 0 Å². The van der Waals surface area contributed by atoms with Crippen LogP contribution in [0.2, 0.25) is 0 Å². The van der Waals surface area contributed by atoms with Crippen molar-refractivity contribution in [1.29, 1.82) is 0 Å². The topological polar surface area (TPSA) is 47.6 Å². The van der Waals surface area contributed by atoms with Gasteiger partial charge < -0.3 is 14.8 Å². The number of halogens is 1. The second-order valence-corrected chi connectivity index (χ2v) is 7.37. The van der Waals surface area contributed by atoms with Crippen LogP contribution in [0.25, 0.3) is 0 Å². The highest BCUT2D eigenvalue weighted by atomic mass is 79.9. The second-order valence-electron chi connectivity index (χ2n) is 6.51. The zero-order valence-corrected chi connectivity index (χ0v) is 17.7. The van der Waals surface area contributed by atoms with Crippen LogP contribution in [-0.4, -0.2) is 19.1 Å². The van der Waals surface area contributed by atoms with E-state index < -0.39 is 0 Å². The van der Waals surface area contributed by atoms with Crippen molar-refractivity contribution in [2.45, 2.75) is 46.0 Å². The van der Waals surface area contributed by atoms with Crippen LogP contribution in [0.1, 0.15) is 44.6 Å². The van der Waals surface area contributed by atoms with E-state index >= 15 is 0 Å². The standard InChI is InChI=1S/C22H28BrNO3/c1-3-4-5-14-26-19-11-9-18(10-12-19)24-22(25)7-6-15-27-21-13-8-17(2)16-20(21)23/h8-13,16H,3-7,14-15H2,1-2H3,(H,24,25). The molecule has 2 aromatic rings. The number of rotatable bonds is 11. The summed E-state index contributed by atoms with van der Waals surface area (Å²) in [4.78, 5) is 12.1. The van der Waals surface area contributed by atoms with Gasteiger partial charge in [0.25, 0.3) is 0 Å². The van der Waals surface area contributed by atoms with Gasteiger partial charge in [-0.2, -0.15) is 0 Å². The fourth-order valence-corrected chi connectivity index (χ4v) is 3.15. The molecule has 2 rings (SSSR count). The normalized spacial score (nSPS) is 10.5. The zero-order valence-electron chi connectivity index (χ0n) is 16.1. The minimum absolute atomic E-state index is 0.0156. The lowest BCUT2D eigenvalue weighted by Gasteiger charge is -2.10. The van der Waals surface area contributed by atoms with Gasteiger partial charge in [-0.15, -0.1) is 0 Å². The molecule has 0 aliphatic rings. The highest BCUT2D eigenvalue weighted by Gasteiger charge is 2.05. The Balaban J connectivity index is 1.66. The largest absolute Gasteiger partial charge is 0.494 e. The Morgan fingerprint density at radius 2 is 1.74 bits per heavy atom. The lowest BCUT2D eigenvalue weighted by molar-refractivity contribution is -0.116. The molecule has 0 fully saturated rings. The summed E-state index contributed by atoms with van der Waals surface area (Å²) in [6.07, 6.45) is 4.50. The van der Waals surface area contributed by atoms with Crippen LogP contribution >= 0.6 is 15.9 Å². The van der Waals surface area contributed by atoms with Crippen LogP contribution in [-0.2, 0) is 4.79 Å². The lowest BCUT2D eigenvalue weighted by Crippen LogP contribution is -2.12. The fourth-order valence-electron chi connectivity index (χ4n) is 2.54. The summed E-state index contributed by atoms with van der Waals surface area (Å²) in [5.41, 5.74) is 1.95. The SMILES string of the molecule is CCCCCOc1ccc(NC(=O)CCCOc2ccc(C)cc2Br)cc1. The fraction of sp³-hybridized carbons (Fsp3) is 0.409. The Labute approximate surface area is 170 Å². The van der Waals surface area contributed by atoms with Gasteiger partial charge in [-0.3, -0.25) is 4.79 Å². The van der Waals surface area contributed by atoms with Crippen molar-refractivity contribution in [1.82, 2.24) is 0 Å². The van der Waals surface area contributed by atoms with Gasteiger partial charge >= 0.3 is 0 Å². The Morgan fingerprint density at radius 3 is 2.44 bits per heavy atom. The molecule has 0 aromatic heterocycles. The Kier molecular flexibility index (Phi) is 9.19. The number of unbranched alkanes of at least 4 members (excludes halogenated alkanes) is 2. The van der Waals surface area contributed by atoms with Crippen LogP contribution in [0.4, 0.5) is 5.69 Å². The molecule has 0 radical (unpaired) electrons. The Morgan fingerprint density at radius 1 is 1.00 bits per heavy atom. The molecule has 1 N–H and O–H groups in total. The first-order valence-corrected chi connectivity index (χ1v) is 10.3. The molecule has 0 saturated heterocycles. The number of anilines is 1. The van der Waals surface area contributed by atoms with Crippen LogP contribution in [0.15, 0.2) is 46.9 Å². The molecule has 146 valence electrons. The summed E-state index contributed by atoms with van der Waals surface area (Å²) in [5, 5.41) is 2.90. The molecule has 0 spiro atoms. The molecular formula is C22H28BrNO3. The monoisotopic (exact) mass is 433 g/mol. The first kappa shape index (κ1) is 21.3. The average Bonchev–Trinajstić information content (AvgIpc) is 2.65. The molecule has 2 aromatic carbocycles.